The van der Waals surface area contributed by atoms with E-state index in [1.54, 1.807) is 34.9 Å². The Kier molecular flexibility index (Phi) is 7.76. The summed E-state index contributed by atoms with van der Waals surface area (Å²) in [4.78, 5) is 27.2. The van der Waals surface area contributed by atoms with Gasteiger partial charge in [-0.1, -0.05) is 30.3 Å². The largest absolute Gasteiger partial charge is 0.415 e. The second-order valence-electron chi connectivity index (χ2n) is 6.96. The van der Waals surface area contributed by atoms with Crippen molar-refractivity contribution in [2.75, 3.05) is 25.9 Å². The number of nitrogens with zero attached hydrogens (tertiary/aromatic N) is 1. The van der Waals surface area contributed by atoms with Gasteiger partial charge in [-0.05, 0) is 60.9 Å². The Morgan fingerprint density at radius 1 is 1.10 bits per heavy atom. The highest BCUT2D eigenvalue weighted by Crippen LogP contribution is 2.19. The molecule has 0 radical (unpaired) electrons. The van der Waals surface area contributed by atoms with Crippen molar-refractivity contribution in [1.29, 1.82) is 0 Å². The van der Waals surface area contributed by atoms with Gasteiger partial charge in [0.05, 0.1) is 0 Å². The Balaban J connectivity index is 1.37. The van der Waals surface area contributed by atoms with Crippen LogP contribution in [0.1, 0.15) is 18.4 Å². The van der Waals surface area contributed by atoms with Gasteiger partial charge in [0.15, 0.2) is 0 Å². The second-order valence-corrected chi connectivity index (χ2v) is 7.84. The van der Waals surface area contributed by atoms with Crippen molar-refractivity contribution in [3.05, 3.63) is 66.2 Å². The number of likely N-dealkylation sites (tertiary alicyclic amines) is 1. The van der Waals surface area contributed by atoms with Gasteiger partial charge in [-0.2, -0.15) is 0 Å². The molecule has 0 saturated carbocycles. The van der Waals surface area contributed by atoms with Crippen LogP contribution in [0.15, 0.2) is 65.6 Å². The predicted octanol–water partition coefficient (Wildman–Crippen LogP) is 4.45. The molecule has 0 aromatic heterocycles. The lowest BCUT2D eigenvalue weighted by molar-refractivity contribution is -0.116. The van der Waals surface area contributed by atoms with Gasteiger partial charge in [0.1, 0.15) is 5.75 Å². The molecule has 2 aromatic carbocycles. The molecule has 0 unspecified atom stereocenters. The van der Waals surface area contributed by atoms with Crippen molar-refractivity contribution in [1.82, 2.24) is 10.2 Å². The summed E-state index contributed by atoms with van der Waals surface area (Å²) in [6, 6.07) is 17.2. The van der Waals surface area contributed by atoms with E-state index in [9.17, 15) is 9.59 Å². The maximum absolute atomic E-state index is 12.2. The second kappa shape index (κ2) is 10.7. The molecule has 152 valence electrons. The van der Waals surface area contributed by atoms with E-state index in [4.69, 9.17) is 4.74 Å². The van der Waals surface area contributed by atoms with Crippen LogP contribution in [0.3, 0.4) is 0 Å². The fourth-order valence-electron chi connectivity index (χ4n) is 3.16. The Labute approximate surface area is 176 Å². The first-order chi connectivity index (χ1) is 14.1. The lowest BCUT2D eigenvalue weighted by Crippen LogP contribution is -2.42. The van der Waals surface area contributed by atoms with Crippen LogP contribution in [-0.4, -0.2) is 42.8 Å². The minimum absolute atomic E-state index is 0.0927. The molecule has 2 aromatic rings. The van der Waals surface area contributed by atoms with Crippen LogP contribution in [0.2, 0.25) is 0 Å². The first-order valence-corrected chi connectivity index (χ1v) is 11.0. The Morgan fingerprint density at radius 2 is 1.79 bits per heavy atom. The molecule has 1 saturated heterocycles. The van der Waals surface area contributed by atoms with Crippen LogP contribution in [0.4, 0.5) is 4.79 Å². The van der Waals surface area contributed by atoms with Gasteiger partial charge in [0.25, 0.3) is 0 Å². The van der Waals surface area contributed by atoms with Crippen molar-refractivity contribution in [3.8, 4) is 5.75 Å². The van der Waals surface area contributed by atoms with Gasteiger partial charge in [0.2, 0.25) is 5.91 Å². The molecule has 1 fully saturated rings. The summed E-state index contributed by atoms with van der Waals surface area (Å²) in [7, 11) is 0. The minimum atomic E-state index is -0.311. The minimum Gasteiger partial charge on any atom is -0.410 e. The van der Waals surface area contributed by atoms with Crippen LogP contribution >= 0.6 is 11.8 Å². The smallest absolute Gasteiger partial charge is 0.410 e. The number of nitrogens with one attached hydrogen (secondary N) is 1. The quantitative estimate of drug-likeness (QED) is 0.565. The third-order valence-electron chi connectivity index (χ3n) is 4.93. The molecular weight excluding hydrogens is 384 g/mol. The summed E-state index contributed by atoms with van der Waals surface area (Å²) in [6.45, 7) is 1.91. The molecule has 3 rings (SSSR count). The maximum Gasteiger partial charge on any atom is 0.415 e. The molecule has 0 atom stereocenters. The van der Waals surface area contributed by atoms with E-state index in [2.05, 4.69) is 5.32 Å². The molecule has 1 aliphatic heterocycles. The third kappa shape index (κ3) is 6.68. The average Bonchev–Trinajstić information content (AvgIpc) is 2.77. The topological polar surface area (TPSA) is 58.6 Å². The molecule has 29 heavy (non-hydrogen) atoms. The summed E-state index contributed by atoms with van der Waals surface area (Å²) in [5.74, 6) is 0.834. The highest BCUT2D eigenvalue weighted by molar-refractivity contribution is 7.98. The zero-order valence-electron chi connectivity index (χ0n) is 16.5. The van der Waals surface area contributed by atoms with Gasteiger partial charge in [0, 0.05) is 30.6 Å². The van der Waals surface area contributed by atoms with E-state index in [0.717, 1.165) is 18.4 Å². The number of carbonyl (C=O) groups is 2. The molecule has 1 heterocycles. The number of piperidine rings is 1. The molecule has 5 nitrogen and oxygen atoms in total. The summed E-state index contributed by atoms with van der Waals surface area (Å²) < 4.78 is 5.38. The van der Waals surface area contributed by atoms with Crippen LogP contribution in [0, 0.1) is 5.92 Å². The van der Waals surface area contributed by atoms with E-state index in [1.165, 1.54) is 4.90 Å². The highest BCUT2D eigenvalue weighted by atomic mass is 32.2. The standard InChI is InChI=1S/C23H26N2O3S/c1-29-21-10-7-18(8-11-21)9-12-22(26)24-17-19-13-15-25(16-14-19)23(27)28-20-5-3-2-4-6-20/h2-12,19H,13-17H2,1H3,(H,24,26)/b12-9+. The number of ether oxygens (including phenoxy) is 1. The predicted molar refractivity (Wildman–Crippen MR) is 117 cm³/mol. The van der Waals surface area contributed by atoms with Crippen molar-refractivity contribution < 1.29 is 14.3 Å². The van der Waals surface area contributed by atoms with Gasteiger partial charge in [-0.25, -0.2) is 4.79 Å². The number of carbonyl (C=O) groups excluding carboxylic acids is 2. The summed E-state index contributed by atoms with van der Waals surface area (Å²) in [5, 5.41) is 2.96. The first kappa shape index (κ1) is 21.0. The number of amides is 2. The van der Waals surface area contributed by atoms with Crippen molar-refractivity contribution in [2.45, 2.75) is 17.7 Å². The zero-order chi connectivity index (χ0) is 20.5. The lowest BCUT2D eigenvalue weighted by atomic mass is 9.97. The number of hydrogen-bond donors (Lipinski definition) is 1. The number of rotatable bonds is 6. The van der Waals surface area contributed by atoms with Gasteiger partial charge in [-0.3, -0.25) is 4.79 Å². The SMILES string of the molecule is CSc1ccc(/C=C/C(=O)NCC2CCN(C(=O)Oc3ccccc3)CC2)cc1. The van der Waals surface area contributed by atoms with E-state index in [-0.39, 0.29) is 12.0 Å². The fraction of sp³-hybridized carbons (Fsp3) is 0.304. The number of hydrogen-bond acceptors (Lipinski definition) is 4. The van der Waals surface area contributed by atoms with E-state index < -0.39 is 0 Å². The molecule has 0 spiro atoms. The molecule has 0 bridgehead atoms. The number of benzene rings is 2. The molecule has 1 N–H and O–H groups in total. The Hall–Kier alpha value is -2.73. The number of para-hydroxylation sites is 1. The molecule has 6 heteroatoms. The fourth-order valence-corrected chi connectivity index (χ4v) is 3.57. The van der Waals surface area contributed by atoms with Crippen molar-refractivity contribution in [2.24, 2.45) is 5.92 Å². The normalized spacial score (nSPS) is 14.7. The maximum atomic E-state index is 12.2. The first-order valence-electron chi connectivity index (χ1n) is 9.76. The van der Waals surface area contributed by atoms with Crippen LogP contribution in [0.5, 0.6) is 5.75 Å². The van der Waals surface area contributed by atoms with Gasteiger partial charge < -0.3 is 15.0 Å². The third-order valence-corrected chi connectivity index (χ3v) is 5.67. The molecule has 1 aliphatic rings. The monoisotopic (exact) mass is 410 g/mol. The highest BCUT2D eigenvalue weighted by Gasteiger charge is 2.24. The van der Waals surface area contributed by atoms with E-state index >= 15 is 0 Å². The zero-order valence-corrected chi connectivity index (χ0v) is 17.4. The number of thioether (sulfide) groups is 1. The van der Waals surface area contributed by atoms with Crippen molar-refractivity contribution >= 4 is 29.8 Å². The molecule has 0 aliphatic carbocycles. The van der Waals surface area contributed by atoms with Crippen LogP contribution < -0.4 is 10.1 Å². The Morgan fingerprint density at radius 3 is 2.45 bits per heavy atom. The van der Waals surface area contributed by atoms with E-state index in [0.29, 0.717) is 31.3 Å². The summed E-state index contributed by atoms with van der Waals surface area (Å²) >= 11 is 1.69. The van der Waals surface area contributed by atoms with Gasteiger partial charge >= 0.3 is 6.09 Å². The summed E-state index contributed by atoms with van der Waals surface area (Å²) in [5.41, 5.74) is 1.00. The van der Waals surface area contributed by atoms with Gasteiger partial charge in [-0.15, -0.1) is 11.8 Å². The lowest BCUT2D eigenvalue weighted by Gasteiger charge is -2.31. The average molecular weight is 411 g/mol. The van der Waals surface area contributed by atoms with E-state index in [1.807, 2.05) is 54.8 Å². The molecular formula is C23H26N2O3S. The Bertz CT molecular complexity index is 829. The van der Waals surface area contributed by atoms with Crippen LogP contribution in [0.25, 0.3) is 6.08 Å². The summed E-state index contributed by atoms with van der Waals surface area (Å²) in [6.07, 6.45) is 6.82. The molecule has 2 amide bonds. The van der Waals surface area contributed by atoms with Crippen LogP contribution in [-0.2, 0) is 4.79 Å². The van der Waals surface area contributed by atoms with Crippen molar-refractivity contribution in [3.63, 3.8) is 0 Å².